The van der Waals surface area contributed by atoms with Gasteiger partial charge in [0.1, 0.15) is 0 Å². The van der Waals surface area contributed by atoms with Crippen LogP contribution in [0, 0.1) is 13.8 Å². The number of nitrogens with zero attached hydrogens (tertiary/aromatic N) is 2. The summed E-state index contributed by atoms with van der Waals surface area (Å²) in [5.41, 5.74) is 3.41. The van der Waals surface area contributed by atoms with Crippen LogP contribution in [0.4, 0.5) is 5.13 Å². The summed E-state index contributed by atoms with van der Waals surface area (Å²) >= 11 is 1.41. The quantitative estimate of drug-likeness (QED) is 0.521. The monoisotopic (exact) mass is 441 g/mol. The van der Waals surface area contributed by atoms with Crippen LogP contribution in [0.2, 0.25) is 0 Å². The van der Waals surface area contributed by atoms with Crippen LogP contribution < -0.4 is 5.32 Å². The van der Waals surface area contributed by atoms with Crippen molar-refractivity contribution in [2.45, 2.75) is 18.7 Å². The van der Waals surface area contributed by atoms with E-state index in [-0.39, 0.29) is 23.9 Å². The van der Waals surface area contributed by atoms with Crippen molar-refractivity contribution in [2.75, 3.05) is 18.4 Å². The fourth-order valence-electron chi connectivity index (χ4n) is 3.08. The summed E-state index contributed by atoms with van der Waals surface area (Å²) in [6.07, 6.45) is 3.04. The molecule has 0 saturated carbocycles. The predicted molar refractivity (Wildman–Crippen MR) is 123 cm³/mol. The van der Waals surface area contributed by atoms with Crippen LogP contribution in [-0.4, -0.2) is 36.7 Å². The Kier molecular flexibility index (Phi) is 6.50. The first-order valence-electron chi connectivity index (χ1n) is 9.27. The molecule has 0 spiro atoms. The third-order valence-electron chi connectivity index (χ3n) is 4.47. The zero-order chi connectivity index (χ0) is 21.9. The van der Waals surface area contributed by atoms with Crippen LogP contribution in [-0.2, 0) is 10.0 Å². The number of nitrogens with one attached hydrogen (secondary N) is 1. The van der Waals surface area contributed by atoms with E-state index in [9.17, 15) is 13.2 Å². The van der Waals surface area contributed by atoms with E-state index in [4.69, 9.17) is 0 Å². The normalized spacial score (nSPS) is 11.6. The second-order valence-corrected chi connectivity index (χ2v) is 9.79. The lowest BCUT2D eigenvalue weighted by Crippen LogP contribution is -2.31. The zero-order valence-electron chi connectivity index (χ0n) is 16.9. The molecular weight excluding hydrogens is 418 g/mol. The molecule has 30 heavy (non-hydrogen) atoms. The van der Waals surface area contributed by atoms with Gasteiger partial charge in [0.2, 0.25) is 10.0 Å². The average molecular weight is 442 g/mol. The number of anilines is 1. The number of carbonyl (C=O) groups is 1. The Hall–Kier alpha value is -2.81. The number of aryl methyl sites for hydroxylation is 2. The third kappa shape index (κ3) is 4.51. The first kappa shape index (κ1) is 21.9. The van der Waals surface area contributed by atoms with Gasteiger partial charge < -0.3 is 0 Å². The van der Waals surface area contributed by atoms with Crippen LogP contribution in [0.3, 0.4) is 0 Å². The van der Waals surface area contributed by atoms with Crippen LogP contribution in [0.15, 0.2) is 66.6 Å². The maximum atomic E-state index is 12.8. The van der Waals surface area contributed by atoms with Gasteiger partial charge in [0.25, 0.3) is 5.91 Å². The Balaban J connectivity index is 1.80. The lowest BCUT2D eigenvalue weighted by Gasteiger charge is -2.19. The minimum atomic E-state index is -3.70. The van der Waals surface area contributed by atoms with Crippen LogP contribution >= 0.6 is 11.3 Å². The maximum Gasteiger partial charge on any atom is 0.257 e. The Morgan fingerprint density at radius 2 is 1.77 bits per heavy atom. The van der Waals surface area contributed by atoms with E-state index in [2.05, 4.69) is 29.5 Å². The highest BCUT2D eigenvalue weighted by molar-refractivity contribution is 7.89. The first-order valence-corrected chi connectivity index (χ1v) is 11.5. The molecule has 1 heterocycles. The smallest absolute Gasteiger partial charge is 0.257 e. The summed E-state index contributed by atoms with van der Waals surface area (Å²) in [6, 6.07) is 9.92. The van der Waals surface area contributed by atoms with Gasteiger partial charge in [-0.15, -0.1) is 13.2 Å². The largest absolute Gasteiger partial charge is 0.298 e. The number of hydrogen-bond acceptors (Lipinski definition) is 5. The molecule has 1 aromatic heterocycles. The Morgan fingerprint density at radius 1 is 1.13 bits per heavy atom. The van der Waals surface area contributed by atoms with E-state index in [0.717, 1.165) is 21.3 Å². The summed E-state index contributed by atoms with van der Waals surface area (Å²) in [7, 11) is -3.70. The molecule has 0 radical (unpaired) electrons. The molecular formula is C22H23N3O3S2. The van der Waals surface area contributed by atoms with E-state index in [1.54, 1.807) is 0 Å². The van der Waals surface area contributed by atoms with Gasteiger partial charge >= 0.3 is 0 Å². The molecule has 1 N–H and O–H groups in total. The van der Waals surface area contributed by atoms with E-state index < -0.39 is 10.0 Å². The minimum Gasteiger partial charge on any atom is -0.298 e. The van der Waals surface area contributed by atoms with Gasteiger partial charge in [0.05, 0.1) is 15.1 Å². The topological polar surface area (TPSA) is 79.4 Å². The molecule has 3 rings (SSSR count). The number of rotatable bonds is 8. The fourth-order valence-corrected chi connectivity index (χ4v) is 5.50. The van der Waals surface area contributed by atoms with Crippen molar-refractivity contribution < 1.29 is 13.2 Å². The summed E-state index contributed by atoms with van der Waals surface area (Å²) in [4.78, 5) is 17.2. The number of amides is 1. The van der Waals surface area contributed by atoms with E-state index in [1.807, 2.05) is 19.9 Å². The molecule has 6 nitrogen and oxygen atoms in total. The molecule has 0 aliphatic rings. The van der Waals surface area contributed by atoms with Crippen LogP contribution in [0.5, 0.6) is 0 Å². The predicted octanol–water partition coefficient (Wildman–Crippen LogP) is 4.53. The zero-order valence-corrected chi connectivity index (χ0v) is 18.5. The Labute approximate surface area is 180 Å². The molecule has 0 unspecified atom stereocenters. The summed E-state index contributed by atoms with van der Waals surface area (Å²) in [5.74, 6) is -0.346. The highest BCUT2D eigenvalue weighted by Gasteiger charge is 2.22. The van der Waals surface area contributed by atoms with Gasteiger partial charge in [0.15, 0.2) is 5.13 Å². The van der Waals surface area contributed by atoms with E-state index >= 15 is 0 Å². The number of hydrogen-bond donors (Lipinski definition) is 1. The van der Waals surface area contributed by atoms with Crippen molar-refractivity contribution in [3.63, 3.8) is 0 Å². The molecule has 0 bridgehead atoms. The number of carbonyl (C=O) groups excluding carboxylic acids is 1. The number of fused-ring (bicyclic) bond motifs is 1. The van der Waals surface area contributed by atoms with Gasteiger partial charge in [-0.3, -0.25) is 10.1 Å². The lowest BCUT2D eigenvalue weighted by atomic mass is 10.1. The van der Waals surface area contributed by atoms with Gasteiger partial charge in [-0.2, -0.15) is 4.31 Å². The van der Waals surface area contributed by atoms with Crippen LogP contribution in [0.25, 0.3) is 10.2 Å². The molecule has 3 aromatic rings. The standard InChI is InChI=1S/C22H23N3O3S2/c1-5-11-25(12-6-2)30(27,28)18-9-7-17(8-10-18)21(26)24-22-23-20-16(4)13-15(3)14-19(20)29-22/h5-10,13-14H,1-2,11-12H2,3-4H3,(H,23,24,26). The average Bonchev–Trinajstić information content (AvgIpc) is 3.10. The van der Waals surface area contributed by atoms with Crippen molar-refractivity contribution in [3.8, 4) is 0 Å². The molecule has 1 amide bonds. The van der Waals surface area contributed by atoms with Crippen molar-refractivity contribution in [3.05, 3.63) is 78.4 Å². The van der Waals surface area contributed by atoms with Crippen molar-refractivity contribution in [1.82, 2.24) is 9.29 Å². The molecule has 0 atom stereocenters. The summed E-state index contributed by atoms with van der Waals surface area (Å²) < 4.78 is 27.8. The van der Waals surface area contributed by atoms with Gasteiger partial charge in [0, 0.05) is 18.7 Å². The van der Waals surface area contributed by atoms with Gasteiger partial charge in [-0.05, 0) is 55.3 Å². The fraction of sp³-hybridized carbons (Fsp3) is 0.182. The Bertz CT molecular complexity index is 1200. The SMILES string of the molecule is C=CCN(CC=C)S(=O)(=O)c1ccc(C(=O)Nc2nc3c(C)cc(C)cc3s2)cc1. The molecule has 8 heteroatoms. The second-order valence-electron chi connectivity index (χ2n) is 6.83. The molecule has 0 saturated heterocycles. The van der Waals surface area contributed by atoms with Crippen molar-refractivity contribution in [1.29, 1.82) is 0 Å². The van der Waals surface area contributed by atoms with E-state index in [1.165, 1.54) is 52.1 Å². The van der Waals surface area contributed by atoms with Crippen molar-refractivity contribution >= 4 is 42.6 Å². The molecule has 0 aliphatic carbocycles. The summed E-state index contributed by atoms with van der Waals surface area (Å²) in [6.45, 7) is 11.5. The number of sulfonamides is 1. The third-order valence-corrected chi connectivity index (χ3v) is 7.23. The first-order chi connectivity index (χ1) is 14.3. The lowest BCUT2D eigenvalue weighted by molar-refractivity contribution is 0.102. The van der Waals surface area contributed by atoms with Gasteiger partial charge in [-0.25, -0.2) is 13.4 Å². The Morgan fingerprint density at radius 3 is 2.37 bits per heavy atom. The second kappa shape index (κ2) is 8.91. The summed E-state index contributed by atoms with van der Waals surface area (Å²) in [5, 5.41) is 3.30. The van der Waals surface area contributed by atoms with E-state index in [0.29, 0.717) is 10.7 Å². The van der Waals surface area contributed by atoms with Crippen LogP contribution in [0.1, 0.15) is 21.5 Å². The van der Waals surface area contributed by atoms with Gasteiger partial charge in [-0.1, -0.05) is 29.6 Å². The molecule has 0 aliphatic heterocycles. The minimum absolute atomic E-state index is 0.105. The molecule has 0 fully saturated rings. The molecule has 2 aromatic carbocycles. The maximum absolute atomic E-state index is 12.8. The number of benzene rings is 2. The highest BCUT2D eigenvalue weighted by Crippen LogP contribution is 2.29. The number of thiazole rings is 1. The highest BCUT2D eigenvalue weighted by atomic mass is 32.2. The van der Waals surface area contributed by atoms with Crippen molar-refractivity contribution in [2.24, 2.45) is 0 Å². The number of aromatic nitrogens is 1. The molecule has 156 valence electrons.